The number of anilines is 1. The lowest BCUT2D eigenvalue weighted by Gasteiger charge is -2.20. The maximum Gasteiger partial charge on any atom is 0.435 e. The van der Waals surface area contributed by atoms with E-state index in [1.165, 1.54) is 41.1 Å². The zero-order valence-corrected chi connectivity index (χ0v) is 18.5. The molecule has 3 aromatic rings. The molecule has 32 heavy (non-hydrogen) atoms. The molecule has 2 aromatic heterocycles. The van der Waals surface area contributed by atoms with E-state index in [4.69, 9.17) is 27.9 Å². The fraction of sp³-hybridized carbons (Fsp3) is 0.250. The molecule has 0 unspecified atom stereocenters. The molecule has 1 N–H and O–H groups in total. The van der Waals surface area contributed by atoms with Gasteiger partial charge >= 0.3 is 12.3 Å². The minimum absolute atomic E-state index is 0.0476. The number of carbonyl (C=O) groups is 1. The summed E-state index contributed by atoms with van der Waals surface area (Å²) in [6.07, 6.45) is -3.61. The van der Waals surface area contributed by atoms with Gasteiger partial charge in [0.25, 0.3) is 5.56 Å². The molecule has 0 spiro atoms. The molecule has 170 valence electrons. The Bertz CT molecular complexity index is 1210. The lowest BCUT2D eigenvalue weighted by atomic mass is 10.2. The molecule has 0 fully saturated rings. The van der Waals surface area contributed by atoms with Gasteiger partial charge in [-0.15, -0.1) is 0 Å². The first-order chi connectivity index (χ1) is 14.8. The van der Waals surface area contributed by atoms with E-state index in [-0.39, 0.29) is 15.7 Å². The summed E-state index contributed by atoms with van der Waals surface area (Å²) >= 11 is 11.7. The lowest BCUT2D eigenvalue weighted by molar-refractivity contribution is -0.142. The molecule has 1 amide bonds. The number of carbonyl (C=O) groups excluding carboxylic acids is 1. The molecule has 0 saturated carbocycles. The molecule has 0 aliphatic rings. The summed E-state index contributed by atoms with van der Waals surface area (Å²) in [7, 11) is 0. The molecular formula is C20H17Cl2F3N4O3. The molecule has 0 bridgehead atoms. The van der Waals surface area contributed by atoms with Gasteiger partial charge in [-0.25, -0.2) is 9.48 Å². The highest BCUT2D eigenvalue weighted by Gasteiger charge is 2.39. The molecule has 0 saturated heterocycles. The number of halogens is 5. The zero-order valence-electron chi connectivity index (χ0n) is 17.0. The topological polar surface area (TPSA) is 78.2 Å². The Balaban J connectivity index is 1.98. The van der Waals surface area contributed by atoms with Gasteiger partial charge in [0.15, 0.2) is 5.69 Å². The Hall–Kier alpha value is -2.98. The van der Waals surface area contributed by atoms with Crippen molar-refractivity contribution in [3.05, 3.63) is 68.8 Å². The summed E-state index contributed by atoms with van der Waals surface area (Å²) in [4.78, 5) is 24.2. The maximum atomic E-state index is 13.8. The molecule has 12 heteroatoms. The van der Waals surface area contributed by atoms with Crippen LogP contribution in [0.3, 0.4) is 0 Å². The molecule has 3 rings (SSSR count). The van der Waals surface area contributed by atoms with Crippen LogP contribution in [0.25, 0.3) is 11.4 Å². The summed E-state index contributed by atoms with van der Waals surface area (Å²) < 4.78 is 48.2. The third-order valence-electron chi connectivity index (χ3n) is 4.03. The van der Waals surface area contributed by atoms with Crippen molar-refractivity contribution in [1.29, 1.82) is 0 Å². The summed E-state index contributed by atoms with van der Waals surface area (Å²) in [5.41, 5.74) is -2.82. The lowest BCUT2D eigenvalue weighted by Crippen LogP contribution is -2.28. The first-order valence-electron chi connectivity index (χ1n) is 9.10. The first-order valence-corrected chi connectivity index (χ1v) is 9.86. The van der Waals surface area contributed by atoms with Gasteiger partial charge in [0.2, 0.25) is 0 Å². The second-order valence-corrected chi connectivity index (χ2v) is 8.40. The highest BCUT2D eigenvalue weighted by atomic mass is 35.5. The monoisotopic (exact) mass is 488 g/mol. The summed E-state index contributed by atoms with van der Waals surface area (Å²) in [5, 5.41) is 5.76. The zero-order chi connectivity index (χ0) is 23.8. The fourth-order valence-corrected chi connectivity index (χ4v) is 3.06. The van der Waals surface area contributed by atoms with Crippen LogP contribution in [0.2, 0.25) is 10.0 Å². The van der Waals surface area contributed by atoms with Gasteiger partial charge in [-0.1, -0.05) is 23.2 Å². The summed E-state index contributed by atoms with van der Waals surface area (Å²) in [6.45, 7) is 4.75. The third-order valence-corrected chi connectivity index (χ3v) is 4.81. The standard InChI is InChI=1S/C20H17Cl2F3N4O3/c1-19(2,3)32-18(31)27-14-10-26-29(16(14)20(23,24)25)12-6-4-11(5-7-12)28-9-8-13(21)15(22)17(28)30/h4-10H,1-3H3,(H,27,31). The van der Waals surface area contributed by atoms with E-state index in [2.05, 4.69) is 10.4 Å². The van der Waals surface area contributed by atoms with Crippen LogP contribution in [-0.2, 0) is 10.9 Å². The number of amides is 1. The van der Waals surface area contributed by atoms with Crippen molar-refractivity contribution in [2.75, 3.05) is 5.32 Å². The van der Waals surface area contributed by atoms with Gasteiger partial charge in [-0.05, 0) is 51.1 Å². The number of nitrogens with one attached hydrogen (secondary N) is 1. The van der Waals surface area contributed by atoms with Gasteiger partial charge in [0.05, 0.1) is 22.6 Å². The normalized spacial score (nSPS) is 12.0. The number of hydrogen-bond acceptors (Lipinski definition) is 4. The highest BCUT2D eigenvalue weighted by Crippen LogP contribution is 2.36. The van der Waals surface area contributed by atoms with Crippen LogP contribution in [0.1, 0.15) is 26.5 Å². The molecule has 1 aromatic carbocycles. The average molecular weight is 489 g/mol. The summed E-state index contributed by atoms with van der Waals surface area (Å²) in [5.74, 6) is 0. The number of aromatic nitrogens is 3. The predicted octanol–water partition coefficient (Wildman–Crippen LogP) is 5.70. The molecule has 0 radical (unpaired) electrons. The number of pyridine rings is 1. The van der Waals surface area contributed by atoms with Crippen molar-refractivity contribution in [2.45, 2.75) is 32.5 Å². The van der Waals surface area contributed by atoms with E-state index in [0.29, 0.717) is 10.4 Å². The summed E-state index contributed by atoms with van der Waals surface area (Å²) in [6, 6.07) is 6.93. The van der Waals surface area contributed by atoms with Crippen molar-refractivity contribution in [3.63, 3.8) is 0 Å². The molecular weight excluding hydrogens is 472 g/mol. The van der Waals surface area contributed by atoms with E-state index in [9.17, 15) is 22.8 Å². The Morgan fingerprint density at radius 1 is 1.06 bits per heavy atom. The van der Waals surface area contributed by atoms with E-state index in [0.717, 1.165) is 6.20 Å². The smallest absolute Gasteiger partial charge is 0.435 e. The Morgan fingerprint density at radius 3 is 2.22 bits per heavy atom. The predicted molar refractivity (Wildman–Crippen MR) is 114 cm³/mol. The van der Waals surface area contributed by atoms with Crippen molar-refractivity contribution in [2.24, 2.45) is 0 Å². The molecule has 7 nitrogen and oxygen atoms in total. The average Bonchev–Trinajstić information content (AvgIpc) is 3.09. The van der Waals surface area contributed by atoms with Crippen LogP contribution in [0.15, 0.2) is 47.5 Å². The van der Waals surface area contributed by atoms with E-state index >= 15 is 0 Å². The number of rotatable bonds is 3. The number of hydrogen-bond donors (Lipinski definition) is 1. The quantitative estimate of drug-likeness (QED) is 0.513. The van der Waals surface area contributed by atoms with Crippen molar-refractivity contribution >= 4 is 35.0 Å². The number of ether oxygens (including phenoxy) is 1. The third kappa shape index (κ3) is 5.08. The molecule has 0 atom stereocenters. The second kappa shape index (κ2) is 8.51. The minimum Gasteiger partial charge on any atom is -0.444 e. The van der Waals surface area contributed by atoms with Crippen LogP contribution < -0.4 is 10.9 Å². The van der Waals surface area contributed by atoms with Crippen LogP contribution >= 0.6 is 23.2 Å². The maximum absolute atomic E-state index is 13.8. The van der Waals surface area contributed by atoms with E-state index in [1.54, 1.807) is 20.8 Å². The van der Waals surface area contributed by atoms with Crippen molar-refractivity contribution < 1.29 is 22.7 Å². The second-order valence-electron chi connectivity index (χ2n) is 7.61. The van der Waals surface area contributed by atoms with Gasteiger partial charge in [0.1, 0.15) is 10.6 Å². The largest absolute Gasteiger partial charge is 0.444 e. The van der Waals surface area contributed by atoms with Crippen molar-refractivity contribution in [1.82, 2.24) is 14.3 Å². The first kappa shape index (κ1) is 23.7. The minimum atomic E-state index is -4.83. The Kier molecular flexibility index (Phi) is 6.30. The fourth-order valence-electron chi connectivity index (χ4n) is 2.77. The van der Waals surface area contributed by atoms with Gasteiger partial charge in [-0.3, -0.25) is 14.7 Å². The SMILES string of the molecule is CC(C)(C)OC(=O)Nc1cnn(-c2ccc(-n3ccc(Cl)c(Cl)c3=O)cc2)c1C(F)(F)F. The number of nitrogens with zero attached hydrogens (tertiary/aromatic N) is 3. The highest BCUT2D eigenvalue weighted by molar-refractivity contribution is 6.41. The van der Waals surface area contributed by atoms with Crippen molar-refractivity contribution in [3.8, 4) is 11.4 Å². The van der Waals surface area contributed by atoms with Gasteiger partial charge in [-0.2, -0.15) is 18.3 Å². The molecule has 2 heterocycles. The number of alkyl halides is 3. The Labute approximate surface area is 190 Å². The van der Waals surface area contributed by atoms with Crippen LogP contribution in [0.5, 0.6) is 0 Å². The molecule has 0 aliphatic heterocycles. The van der Waals surface area contributed by atoms with E-state index < -0.39 is 34.8 Å². The Morgan fingerprint density at radius 2 is 1.66 bits per heavy atom. The molecule has 0 aliphatic carbocycles. The van der Waals surface area contributed by atoms with Crippen LogP contribution in [-0.4, -0.2) is 26.0 Å². The number of benzene rings is 1. The van der Waals surface area contributed by atoms with E-state index in [1.807, 2.05) is 0 Å². The van der Waals surface area contributed by atoms with Crippen LogP contribution in [0, 0.1) is 0 Å². The van der Waals surface area contributed by atoms with Gasteiger partial charge < -0.3 is 4.74 Å². The van der Waals surface area contributed by atoms with Crippen LogP contribution in [0.4, 0.5) is 23.7 Å². The van der Waals surface area contributed by atoms with Gasteiger partial charge in [0, 0.05) is 11.9 Å².